The van der Waals surface area contributed by atoms with Gasteiger partial charge in [-0.1, -0.05) is 13.8 Å². The zero-order valence-corrected chi connectivity index (χ0v) is 11.1. The number of rotatable bonds is 5. The maximum atomic E-state index is 10.3. The zero-order chi connectivity index (χ0) is 12.0. The molecule has 0 radical (unpaired) electrons. The summed E-state index contributed by atoms with van der Waals surface area (Å²) in [6, 6.07) is 0.639. The molecule has 1 fully saturated rings. The Bertz CT molecular complexity index is 184. The highest BCUT2D eigenvalue weighted by Gasteiger charge is 2.27. The van der Waals surface area contributed by atoms with E-state index in [1.165, 1.54) is 19.3 Å². The Morgan fingerprint density at radius 3 is 2.56 bits per heavy atom. The molecule has 3 heteroatoms. The van der Waals surface area contributed by atoms with Crippen LogP contribution in [0.25, 0.3) is 0 Å². The molecule has 0 aliphatic carbocycles. The monoisotopic (exact) mass is 228 g/mol. The molecule has 0 aromatic rings. The molecular formula is C13H28N2O. The Labute approximate surface area is 100 Å². The maximum Gasteiger partial charge on any atom is 0.0768 e. The summed E-state index contributed by atoms with van der Waals surface area (Å²) in [6.07, 6.45) is 5.41. The topological polar surface area (TPSA) is 35.5 Å². The van der Waals surface area contributed by atoms with E-state index in [4.69, 9.17) is 0 Å². The molecule has 1 heterocycles. The second kappa shape index (κ2) is 6.58. The highest BCUT2D eigenvalue weighted by Crippen LogP contribution is 2.20. The van der Waals surface area contributed by atoms with Crippen LogP contribution in [-0.4, -0.2) is 48.3 Å². The van der Waals surface area contributed by atoms with Gasteiger partial charge in [0.1, 0.15) is 0 Å². The molecule has 0 amide bonds. The SMILES string of the molecule is CCC(O)(CC)CN(C)C1CCCNCC1. The molecule has 0 aromatic carbocycles. The summed E-state index contributed by atoms with van der Waals surface area (Å²) in [5, 5.41) is 13.8. The van der Waals surface area contributed by atoms with E-state index in [9.17, 15) is 5.11 Å². The molecule has 1 saturated heterocycles. The van der Waals surface area contributed by atoms with E-state index < -0.39 is 5.60 Å². The van der Waals surface area contributed by atoms with Crippen LogP contribution in [0.3, 0.4) is 0 Å². The highest BCUT2D eigenvalue weighted by molar-refractivity contribution is 4.82. The van der Waals surface area contributed by atoms with E-state index in [-0.39, 0.29) is 0 Å². The van der Waals surface area contributed by atoms with Gasteiger partial charge in [-0.05, 0) is 52.2 Å². The lowest BCUT2D eigenvalue weighted by molar-refractivity contribution is -0.00830. The third-order valence-electron chi connectivity index (χ3n) is 4.03. The second-order valence-electron chi connectivity index (χ2n) is 5.18. The first-order valence-corrected chi connectivity index (χ1v) is 6.74. The molecule has 1 aliphatic heterocycles. The summed E-state index contributed by atoms with van der Waals surface area (Å²) < 4.78 is 0. The van der Waals surface area contributed by atoms with Crippen LogP contribution >= 0.6 is 0 Å². The molecule has 96 valence electrons. The van der Waals surface area contributed by atoms with Crippen molar-refractivity contribution in [3.8, 4) is 0 Å². The van der Waals surface area contributed by atoms with Crippen LogP contribution in [0.15, 0.2) is 0 Å². The number of nitrogens with zero attached hydrogens (tertiary/aromatic N) is 1. The minimum Gasteiger partial charge on any atom is -0.389 e. The summed E-state index contributed by atoms with van der Waals surface area (Å²) in [5.74, 6) is 0. The lowest BCUT2D eigenvalue weighted by Gasteiger charge is -2.35. The quantitative estimate of drug-likeness (QED) is 0.750. The van der Waals surface area contributed by atoms with Crippen LogP contribution < -0.4 is 5.32 Å². The van der Waals surface area contributed by atoms with Gasteiger partial charge in [0.15, 0.2) is 0 Å². The number of likely N-dealkylation sites (N-methyl/N-ethyl adjacent to an activating group) is 1. The number of hydrogen-bond acceptors (Lipinski definition) is 3. The van der Waals surface area contributed by atoms with Crippen LogP contribution in [0.5, 0.6) is 0 Å². The van der Waals surface area contributed by atoms with Crippen LogP contribution in [0.4, 0.5) is 0 Å². The van der Waals surface area contributed by atoms with E-state index in [1.807, 2.05) is 0 Å². The highest BCUT2D eigenvalue weighted by atomic mass is 16.3. The smallest absolute Gasteiger partial charge is 0.0768 e. The fraction of sp³-hybridized carbons (Fsp3) is 1.00. The van der Waals surface area contributed by atoms with Gasteiger partial charge in [-0.2, -0.15) is 0 Å². The summed E-state index contributed by atoms with van der Waals surface area (Å²) in [6.45, 7) is 7.23. The molecule has 1 atom stereocenters. The predicted molar refractivity (Wildman–Crippen MR) is 68.7 cm³/mol. The minimum absolute atomic E-state index is 0.492. The predicted octanol–water partition coefficient (Wildman–Crippen LogP) is 1.61. The molecule has 16 heavy (non-hydrogen) atoms. The van der Waals surface area contributed by atoms with Gasteiger partial charge in [0.2, 0.25) is 0 Å². The van der Waals surface area contributed by atoms with Crippen molar-refractivity contribution in [2.24, 2.45) is 0 Å². The Kier molecular flexibility index (Phi) is 5.73. The Morgan fingerprint density at radius 1 is 1.25 bits per heavy atom. The summed E-state index contributed by atoms with van der Waals surface area (Å²) in [7, 11) is 2.16. The fourth-order valence-electron chi connectivity index (χ4n) is 2.51. The van der Waals surface area contributed by atoms with E-state index >= 15 is 0 Å². The van der Waals surface area contributed by atoms with Gasteiger partial charge in [-0.25, -0.2) is 0 Å². The Morgan fingerprint density at radius 2 is 1.94 bits per heavy atom. The first-order chi connectivity index (χ1) is 7.61. The molecule has 0 saturated carbocycles. The van der Waals surface area contributed by atoms with Crippen molar-refractivity contribution in [1.29, 1.82) is 0 Å². The minimum atomic E-state index is -0.492. The van der Waals surface area contributed by atoms with Crippen molar-refractivity contribution in [3.63, 3.8) is 0 Å². The average Bonchev–Trinajstić information content (AvgIpc) is 2.57. The molecule has 2 N–H and O–H groups in total. The Balaban J connectivity index is 2.45. The maximum absolute atomic E-state index is 10.3. The van der Waals surface area contributed by atoms with Crippen molar-refractivity contribution in [1.82, 2.24) is 10.2 Å². The molecular weight excluding hydrogens is 200 g/mol. The van der Waals surface area contributed by atoms with Crippen molar-refractivity contribution < 1.29 is 5.11 Å². The van der Waals surface area contributed by atoms with Crippen molar-refractivity contribution in [2.75, 3.05) is 26.7 Å². The van der Waals surface area contributed by atoms with Gasteiger partial charge in [0.05, 0.1) is 5.60 Å². The lowest BCUT2D eigenvalue weighted by atomic mass is 9.95. The largest absolute Gasteiger partial charge is 0.389 e. The third kappa shape index (κ3) is 4.04. The van der Waals surface area contributed by atoms with Crippen LogP contribution in [-0.2, 0) is 0 Å². The number of nitrogens with one attached hydrogen (secondary N) is 1. The van der Waals surface area contributed by atoms with E-state index in [0.29, 0.717) is 6.04 Å². The third-order valence-corrected chi connectivity index (χ3v) is 4.03. The number of hydrogen-bond donors (Lipinski definition) is 2. The van der Waals surface area contributed by atoms with Crippen molar-refractivity contribution in [2.45, 2.75) is 57.6 Å². The first-order valence-electron chi connectivity index (χ1n) is 6.74. The van der Waals surface area contributed by atoms with Crippen molar-refractivity contribution >= 4 is 0 Å². The molecule has 0 spiro atoms. The average molecular weight is 228 g/mol. The van der Waals surface area contributed by atoms with Gasteiger partial charge in [0.25, 0.3) is 0 Å². The van der Waals surface area contributed by atoms with Gasteiger partial charge >= 0.3 is 0 Å². The Hall–Kier alpha value is -0.120. The van der Waals surface area contributed by atoms with E-state index in [0.717, 1.165) is 32.5 Å². The van der Waals surface area contributed by atoms with Crippen LogP contribution in [0.2, 0.25) is 0 Å². The summed E-state index contributed by atoms with van der Waals surface area (Å²) >= 11 is 0. The second-order valence-corrected chi connectivity index (χ2v) is 5.18. The molecule has 3 nitrogen and oxygen atoms in total. The normalized spacial score (nSPS) is 23.4. The number of aliphatic hydroxyl groups is 1. The van der Waals surface area contributed by atoms with Gasteiger partial charge in [0, 0.05) is 12.6 Å². The van der Waals surface area contributed by atoms with E-state index in [2.05, 4.69) is 31.1 Å². The van der Waals surface area contributed by atoms with Gasteiger partial charge < -0.3 is 15.3 Å². The molecule has 1 rings (SSSR count). The molecule has 1 aliphatic rings. The zero-order valence-electron chi connectivity index (χ0n) is 11.1. The van der Waals surface area contributed by atoms with Crippen molar-refractivity contribution in [3.05, 3.63) is 0 Å². The van der Waals surface area contributed by atoms with Gasteiger partial charge in [-0.3, -0.25) is 0 Å². The van der Waals surface area contributed by atoms with E-state index in [1.54, 1.807) is 0 Å². The molecule has 1 unspecified atom stereocenters. The lowest BCUT2D eigenvalue weighted by Crippen LogP contribution is -2.45. The summed E-state index contributed by atoms with van der Waals surface area (Å²) in [4.78, 5) is 2.36. The van der Waals surface area contributed by atoms with Gasteiger partial charge in [-0.15, -0.1) is 0 Å². The standard InChI is InChI=1S/C13H28N2O/c1-4-13(16,5-2)11-15(3)12-7-6-9-14-10-8-12/h12,14,16H,4-11H2,1-3H3. The van der Waals surface area contributed by atoms with Crippen LogP contribution in [0, 0.1) is 0 Å². The molecule has 0 bridgehead atoms. The fourth-order valence-corrected chi connectivity index (χ4v) is 2.51. The summed E-state index contributed by atoms with van der Waals surface area (Å²) in [5.41, 5.74) is -0.492. The molecule has 0 aromatic heterocycles. The van der Waals surface area contributed by atoms with Crippen LogP contribution in [0.1, 0.15) is 46.0 Å². The first kappa shape index (κ1) is 13.9.